The lowest BCUT2D eigenvalue weighted by Gasteiger charge is -2.15. The summed E-state index contributed by atoms with van der Waals surface area (Å²) in [4.78, 5) is 13.2. The first-order valence-electron chi connectivity index (χ1n) is 6.84. The van der Waals surface area contributed by atoms with Crippen LogP contribution in [-0.4, -0.2) is 34.2 Å². The third-order valence-electron chi connectivity index (χ3n) is 3.66. The number of likely N-dealkylation sites (tertiary alicyclic amines) is 1. The van der Waals surface area contributed by atoms with Gasteiger partial charge in [0.2, 0.25) is 0 Å². The molecule has 21 heavy (non-hydrogen) atoms. The van der Waals surface area contributed by atoms with E-state index in [0.29, 0.717) is 5.76 Å². The first-order chi connectivity index (χ1) is 10.1. The van der Waals surface area contributed by atoms with Gasteiger partial charge >= 0.3 is 5.97 Å². The minimum Gasteiger partial charge on any atom is -0.476 e. The van der Waals surface area contributed by atoms with E-state index in [0.717, 1.165) is 29.7 Å². The van der Waals surface area contributed by atoms with Crippen molar-refractivity contribution in [3.05, 3.63) is 40.0 Å². The molecule has 1 aliphatic rings. The van der Waals surface area contributed by atoms with Crippen LogP contribution in [0.4, 0.5) is 0 Å². The topological polar surface area (TPSA) is 66.6 Å². The zero-order valence-electron chi connectivity index (χ0n) is 11.4. The van der Waals surface area contributed by atoms with Crippen LogP contribution in [-0.2, 0) is 6.54 Å². The van der Waals surface area contributed by atoms with E-state index in [1.807, 2.05) is 18.2 Å². The number of carbonyl (C=O) groups is 1. The van der Waals surface area contributed by atoms with Gasteiger partial charge in [0.15, 0.2) is 11.5 Å². The van der Waals surface area contributed by atoms with Gasteiger partial charge in [-0.25, -0.2) is 4.79 Å². The summed E-state index contributed by atoms with van der Waals surface area (Å²) in [6, 6.07) is 7.35. The number of hydrogen-bond donors (Lipinski definition) is 1. The molecule has 0 unspecified atom stereocenters. The van der Waals surface area contributed by atoms with Crippen molar-refractivity contribution in [2.24, 2.45) is 0 Å². The Morgan fingerprint density at radius 1 is 1.33 bits per heavy atom. The van der Waals surface area contributed by atoms with Crippen LogP contribution in [0.1, 0.15) is 28.9 Å². The number of rotatable bonds is 4. The maximum absolute atomic E-state index is 10.8. The number of aromatic carboxylic acids is 1. The lowest BCUT2D eigenvalue weighted by atomic mass is 10.1. The molecule has 5 nitrogen and oxygen atoms in total. The molecule has 1 saturated heterocycles. The van der Waals surface area contributed by atoms with Crippen molar-refractivity contribution in [3.8, 4) is 11.3 Å². The minimum absolute atomic E-state index is 0.0812. The molecule has 0 atom stereocenters. The van der Waals surface area contributed by atoms with Gasteiger partial charge in [-0.2, -0.15) is 0 Å². The highest BCUT2D eigenvalue weighted by Crippen LogP contribution is 2.28. The minimum atomic E-state index is -1.09. The summed E-state index contributed by atoms with van der Waals surface area (Å²) in [5.74, 6) is -0.629. The second-order valence-electron chi connectivity index (χ2n) is 5.17. The Labute approximate surface area is 130 Å². The quantitative estimate of drug-likeness (QED) is 0.915. The highest BCUT2D eigenvalue weighted by Gasteiger charge is 2.15. The van der Waals surface area contributed by atoms with E-state index in [-0.39, 0.29) is 5.69 Å². The molecule has 110 valence electrons. The maximum atomic E-state index is 10.8. The molecule has 1 fully saturated rings. The fourth-order valence-corrected chi connectivity index (χ4v) is 3.03. The highest BCUT2D eigenvalue weighted by molar-refractivity contribution is 9.10. The molecule has 1 N–H and O–H groups in total. The van der Waals surface area contributed by atoms with Crippen LogP contribution in [0.15, 0.2) is 33.3 Å². The Bertz CT molecular complexity index is 663. The molecule has 6 heteroatoms. The van der Waals surface area contributed by atoms with Gasteiger partial charge in [0.25, 0.3) is 0 Å². The summed E-state index contributed by atoms with van der Waals surface area (Å²) < 4.78 is 6.08. The van der Waals surface area contributed by atoms with Crippen LogP contribution in [0.5, 0.6) is 0 Å². The van der Waals surface area contributed by atoms with Crippen LogP contribution in [0, 0.1) is 0 Å². The lowest BCUT2D eigenvalue weighted by molar-refractivity contribution is 0.0686. The molecule has 1 aromatic carbocycles. The summed E-state index contributed by atoms with van der Waals surface area (Å²) in [5, 5.41) is 12.4. The molecule has 3 rings (SSSR count). The van der Waals surface area contributed by atoms with Crippen LogP contribution in [0.3, 0.4) is 0 Å². The Morgan fingerprint density at radius 2 is 2.10 bits per heavy atom. The molecule has 0 bridgehead atoms. The second kappa shape index (κ2) is 5.99. The van der Waals surface area contributed by atoms with Gasteiger partial charge in [0.05, 0.1) is 0 Å². The average molecular weight is 351 g/mol. The largest absolute Gasteiger partial charge is 0.476 e. The van der Waals surface area contributed by atoms with Crippen LogP contribution in [0.25, 0.3) is 11.3 Å². The molecule has 0 amide bonds. The Kier molecular flexibility index (Phi) is 4.07. The first-order valence-corrected chi connectivity index (χ1v) is 7.64. The fourth-order valence-electron chi connectivity index (χ4n) is 2.52. The number of aromatic nitrogens is 1. The van der Waals surface area contributed by atoms with Crippen LogP contribution >= 0.6 is 15.9 Å². The van der Waals surface area contributed by atoms with Gasteiger partial charge in [-0.1, -0.05) is 33.2 Å². The predicted octanol–water partition coefficient (Wildman–Crippen LogP) is 3.40. The van der Waals surface area contributed by atoms with E-state index in [9.17, 15) is 4.79 Å². The van der Waals surface area contributed by atoms with Crippen molar-refractivity contribution in [1.29, 1.82) is 0 Å². The Balaban J connectivity index is 1.80. The molecular formula is C15H15BrN2O3. The van der Waals surface area contributed by atoms with Crippen molar-refractivity contribution in [2.45, 2.75) is 19.4 Å². The molecule has 0 saturated carbocycles. The van der Waals surface area contributed by atoms with Gasteiger partial charge < -0.3 is 9.63 Å². The molecule has 0 aliphatic carbocycles. The third kappa shape index (κ3) is 3.16. The number of nitrogens with zero attached hydrogens (tertiary/aromatic N) is 2. The van der Waals surface area contributed by atoms with E-state index < -0.39 is 5.97 Å². The van der Waals surface area contributed by atoms with Gasteiger partial charge in [-0.15, -0.1) is 0 Å². The first kappa shape index (κ1) is 14.3. The average Bonchev–Trinajstić information content (AvgIpc) is 3.12. The van der Waals surface area contributed by atoms with E-state index in [4.69, 9.17) is 9.63 Å². The summed E-state index contributed by atoms with van der Waals surface area (Å²) >= 11 is 3.58. The Morgan fingerprint density at radius 3 is 2.71 bits per heavy atom. The standard InChI is InChI=1S/C15H15BrN2O3/c16-12-7-10(14-8-13(15(19)20)17-21-14)3-4-11(12)9-18-5-1-2-6-18/h3-4,7-8H,1-2,5-6,9H2,(H,19,20). The number of carboxylic acid groups (broad SMARTS) is 1. The lowest BCUT2D eigenvalue weighted by Crippen LogP contribution is -2.18. The zero-order chi connectivity index (χ0) is 14.8. The Hall–Kier alpha value is -1.66. The molecule has 2 aromatic rings. The van der Waals surface area contributed by atoms with Crippen molar-refractivity contribution >= 4 is 21.9 Å². The summed E-state index contributed by atoms with van der Waals surface area (Å²) in [6.45, 7) is 3.23. The summed E-state index contributed by atoms with van der Waals surface area (Å²) in [7, 11) is 0. The van der Waals surface area contributed by atoms with Crippen molar-refractivity contribution < 1.29 is 14.4 Å². The number of benzene rings is 1. The summed E-state index contributed by atoms with van der Waals surface area (Å²) in [5.41, 5.74) is 1.95. The third-order valence-corrected chi connectivity index (χ3v) is 4.40. The summed E-state index contributed by atoms with van der Waals surface area (Å²) in [6.07, 6.45) is 2.54. The van der Waals surface area contributed by atoms with Gasteiger partial charge in [0, 0.05) is 22.6 Å². The smallest absolute Gasteiger partial charge is 0.358 e. The van der Waals surface area contributed by atoms with E-state index in [1.165, 1.54) is 24.5 Å². The molecular weight excluding hydrogens is 336 g/mol. The highest BCUT2D eigenvalue weighted by atomic mass is 79.9. The molecule has 2 heterocycles. The number of carboxylic acids is 1. The molecule has 1 aliphatic heterocycles. The van der Waals surface area contributed by atoms with Crippen LogP contribution < -0.4 is 0 Å². The van der Waals surface area contributed by atoms with Gasteiger partial charge in [-0.3, -0.25) is 4.90 Å². The van der Waals surface area contributed by atoms with Crippen molar-refractivity contribution in [2.75, 3.05) is 13.1 Å². The van der Waals surface area contributed by atoms with Crippen molar-refractivity contribution in [1.82, 2.24) is 10.1 Å². The monoisotopic (exact) mass is 350 g/mol. The molecule has 1 aromatic heterocycles. The molecule has 0 spiro atoms. The normalized spacial score (nSPS) is 15.5. The number of halogens is 1. The predicted molar refractivity (Wildman–Crippen MR) is 81.1 cm³/mol. The fraction of sp³-hybridized carbons (Fsp3) is 0.333. The van der Waals surface area contributed by atoms with Crippen molar-refractivity contribution in [3.63, 3.8) is 0 Å². The van der Waals surface area contributed by atoms with Gasteiger partial charge in [-0.05, 0) is 37.6 Å². The maximum Gasteiger partial charge on any atom is 0.358 e. The van der Waals surface area contributed by atoms with E-state index in [1.54, 1.807) is 0 Å². The van der Waals surface area contributed by atoms with E-state index in [2.05, 4.69) is 26.0 Å². The van der Waals surface area contributed by atoms with Gasteiger partial charge in [0.1, 0.15) is 0 Å². The zero-order valence-corrected chi connectivity index (χ0v) is 13.0. The van der Waals surface area contributed by atoms with E-state index >= 15 is 0 Å². The second-order valence-corrected chi connectivity index (χ2v) is 6.03. The number of hydrogen-bond acceptors (Lipinski definition) is 4. The molecule has 0 radical (unpaired) electrons. The van der Waals surface area contributed by atoms with Crippen LogP contribution in [0.2, 0.25) is 0 Å². The SMILES string of the molecule is O=C(O)c1cc(-c2ccc(CN3CCCC3)c(Br)c2)on1.